The Labute approximate surface area is 118 Å². The Morgan fingerprint density at radius 3 is 2.83 bits per heavy atom. The number of halogens is 1. The standard InChI is InChI=1S/C11H12BrNO3S2/c1-8-7-10(17-11(8)12)18(14,15)13-5-4-9-3-2-6-16-9/h2-3,6-7,13H,4-5H2,1H3. The van der Waals surface area contributed by atoms with Crippen molar-refractivity contribution in [2.75, 3.05) is 6.54 Å². The molecule has 0 atom stereocenters. The predicted molar refractivity (Wildman–Crippen MR) is 74.4 cm³/mol. The molecule has 2 rings (SSSR count). The zero-order chi connectivity index (χ0) is 13.2. The molecule has 0 saturated carbocycles. The summed E-state index contributed by atoms with van der Waals surface area (Å²) in [6, 6.07) is 5.26. The Kier molecular flexibility index (Phi) is 4.26. The smallest absolute Gasteiger partial charge is 0.250 e. The molecule has 2 heterocycles. The summed E-state index contributed by atoms with van der Waals surface area (Å²) in [5.74, 6) is 0.765. The van der Waals surface area contributed by atoms with E-state index < -0.39 is 10.0 Å². The van der Waals surface area contributed by atoms with E-state index in [1.165, 1.54) is 11.3 Å². The summed E-state index contributed by atoms with van der Waals surface area (Å²) in [7, 11) is -3.42. The second kappa shape index (κ2) is 5.56. The number of hydrogen-bond acceptors (Lipinski definition) is 4. The van der Waals surface area contributed by atoms with Crippen molar-refractivity contribution in [3.05, 3.63) is 39.6 Å². The van der Waals surface area contributed by atoms with Crippen molar-refractivity contribution < 1.29 is 12.8 Å². The van der Waals surface area contributed by atoms with E-state index in [9.17, 15) is 8.42 Å². The summed E-state index contributed by atoms with van der Waals surface area (Å²) >= 11 is 4.53. The Hall–Kier alpha value is -0.630. The zero-order valence-corrected chi connectivity index (χ0v) is 12.9. The number of nitrogens with one attached hydrogen (secondary N) is 1. The largest absolute Gasteiger partial charge is 0.469 e. The maximum atomic E-state index is 12.0. The van der Waals surface area contributed by atoms with Gasteiger partial charge in [0.25, 0.3) is 0 Å². The lowest BCUT2D eigenvalue weighted by atomic mass is 10.3. The SMILES string of the molecule is Cc1cc(S(=O)(=O)NCCc2ccco2)sc1Br. The predicted octanol–water partition coefficient (Wildman–Crippen LogP) is 2.93. The number of aryl methyl sites for hydroxylation is 1. The van der Waals surface area contributed by atoms with Crippen LogP contribution in [0.4, 0.5) is 0 Å². The Balaban J connectivity index is 1.99. The number of hydrogen-bond donors (Lipinski definition) is 1. The third-order valence-electron chi connectivity index (χ3n) is 2.34. The number of rotatable bonds is 5. The highest BCUT2D eigenvalue weighted by molar-refractivity contribution is 9.11. The minimum Gasteiger partial charge on any atom is -0.469 e. The van der Waals surface area contributed by atoms with Gasteiger partial charge in [-0.05, 0) is 46.6 Å². The minimum atomic E-state index is -3.42. The zero-order valence-electron chi connectivity index (χ0n) is 9.64. The van der Waals surface area contributed by atoms with Gasteiger partial charge in [-0.1, -0.05) is 0 Å². The molecule has 0 aliphatic carbocycles. The monoisotopic (exact) mass is 349 g/mol. The topological polar surface area (TPSA) is 59.3 Å². The summed E-state index contributed by atoms with van der Waals surface area (Å²) in [5, 5.41) is 0. The van der Waals surface area contributed by atoms with E-state index in [2.05, 4.69) is 20.7 Å². The van der Waals surface area contributed by atoms with Crippen LogP contribution in [0.2, 0.25) is 0 Å². The minimum absolute atomic E-state index is 0.324. The summed E-state index contributed by atoms with van der Waals surface area (Å²) in [6.07, 6.45) is 2.11. The van der Waals surface area contributed by atoms with Gasteiger partial charge in [0, 0.05) is 13.0 Å². The Morgan fingerprint density at radius 1 is 1.50 bits per heavy atom. The van der Waals surface area contributed by atoms with Crippen LogP contribution >= 0.6 is 27.3 Å². The van der Waals surface area contributed by atoms with Crippen LogP contribution in [0.3, 0.4) is 0 Å². The first kappa shape index (κ1) is 13.8. The van der Waals surface area contributed by atoms with E-state index in [1.54, 1.807) is 18.4 Å². The van der Waals surface area contributed by atoms with E-state index in [4.69, 9.17) is 4.42 Å². The van der Waals surface area contributed by atoms with E-state index in [0.717, 1.165) is 15.1 Å². The Bertz CT molecular complexity index is 597. The average Bonchev–Trinajstić information content (AvgIpc) is 2.90. The highest BCUT2D eigenvalue weighted by atomic mass is 79.9. The van der Waals surface area contributed by atoms with Crippen LogP contribution < -0.4 is 4.72 Å². The molecular weight excluding hydrogens is 338 g/mol. The lowest BCUT2D eigenvalue weighted by molar-refractivity contribution is 0.506. The average molecular weight is 350 g/mol. The van der Waals surface area contributed by atoms with Crippen molar-refractivity contribution in [2.24, 2.45) is 0 Å². The van der Waals surface area contributed by atoms with Gasteiger partial charge in [0.05, 0.1) is 10.0 Å². The molecular formula is C11H12BrNO3S2. The fourth-order valence-corrected chi connectivity index (χ4v) is 4.70. The fourth-order valence-electron chi connectivity index (χ4n) is 1.40. The third-order valence-corrected chi connectivity index (χ3v) is 6.41. The molecule has 7 heteroatoms. The summed E-state index contributed by atoms with van der Waals surface area (Å²) in [4.78, 5) is 0. The first-order valence-corrected chi connectivity index (χ1v) is 8.36. The molecule has 0 radical (unpaired) electrons. The molecule has 0 aromatic carbocycles. The van der Waals surface area contributed by atoms with Gasteiger partial charge in [0.2, 0.25) is 10.0 Å². The highest BCUT2D eigenvalue weighted by Crippen LogP contribution is 2.30. The van der Waals surface area contributed by atoms with Gasteiger partial charge < -0.3 is 4.42 Å². The second-order valence-electron chi connectivity index (χ2n) is 3.75. The van der Waals surface area contributed by atoms with Crippen molar-refractivity contribution in [3.8, 4) is 0 Å². The van der Waals surface area contributed by atoms with Crippen LogP contribution in [0, 0.1) is 6.92 Å². The van der Waals surface area contributed by atoms with Gasteiger partial charge in [-0.3, -0.25) is 0 Å². The maximum Gasteiger partial charge on any atom is 0.250 e. The van der Waals surface area contributed by atoms with Crippen LogP contribution in [0.25, 0.3) is 0 Å². The molecule has 0 spiro atoms. The van der Waals surface area contributed by atoms with Gasteiger partial charge in [0.15, 0.2) is 0 Å². The van der Waals surface area contributed by atoms with Crippen LogP contribution in [0.15, 0.2) is 36.9 Å². The number of thiophene rings is 1. The molecule has 98 valence electrons. The van der Waals surface area contributed by atoms with Crippen molar-refractivity contribution in [1.29, 1.82) is 0 Å². The summed E-state index contributed by atoms with van der Waals surface area (Å²) in [6.45, 7) is 2.19. The van der Waals surface area contributed by atoms with Crippen LogP contribution in [-0.2, 0) is 16.4 Å². The summed E-state index contributed by atoms with van der Waals surface area (Å²) in [5.41, 5.74) is 0.923. The van der Waals surface area contributed by atoms with E-state index >= 15 is 0 Å². The molecule has 1 N–H and O–H groups in total. The van der Waals surface area contributed by atoms with E-state index in [1.807, 2.05) is 13.0 Å². The number of sulfonamides is 1. The normalized spacial score (nSPS) is 11.9. The maximum absolute atomic E-state index is 12.0. The first-order chi connectivity index (χ1) is 8.49. The van der Waals surface area contributed by atoms with E-state index in [0.29, 0.717) is 17.2 Å². The lowest BCUT2D eigenvalue weighted by Crippen LogP contribution is -2.25. The van der Waals surface area contributed by atoms with Crippen molar-refractivity contribution in [1.82, 2.24) is 4.72 Å². The molecule has 0 amide bonds. The van der Waals surface area contributed by atoms with Crippen molar-refractivity contribution in [3.63, 3.8) is 0 Å². The van der Waals surface area contributed by atoms with Crippen molar-refractivity contribution >= 4 is 37.3 Å². The first-order valence-electron chi connectivity index (χ1n) is 5.27. The van der Waals surface area contributed by atoms with Gasteiger partial charge in [-0.25, -0.2) is 13.1 Å². The highest BCUT2D eigenvalue weighted by Gasteiger charge is 2.17. The number of furan rings is 1. The second-order valence-corrected chi connectivity index (χ2v) is 8.11. The molecule has 0 aliphatic heterocycles. The van der Waals surface area contributed by atoms with Crippen LogP contribution in [0.1, 0.15) is 11.3 Å². The molecule has 18 heavy (non-hydrogen) atoms. The van der Waals surface area contributed by atoms with Gasteiger partial charge in [-0.15, -0.1) is 11.3 Å². The Morgan fingerprint density at radius 2 is 2.28 bits per heavy atom. The quantitative estimate of drug-likeness (QED) is 0.902. The molecule has 4 nitrogen and oxygen atoms in total. The lowest BCUT2D eigenvalue weighted by Gasteiger charge is -2.02. The fraction of sp³-hybridized carbons (Fsp3) is 0.273. The van der Waals surface area contributed by atoms with Crippen LogP contribution in [-0.4, -0.2) is 15.0 Å². The van der Waals surface area contributed by atoms with Gasteiger partial charge in [-0.2, -0.15) is 0 Å². The molecule has 0 fully saturated rings. The van der Waals surface area contributed by atoms with Crippen LogP contribution in [0.5, 0.6) is 0 Å². The molecule has 0 bridgehead atoms. The van der Waals surface area contributed by atoms with Gasteiger partial charge in [0.1, 0.15) is 9.97 Å². The molecule has 0 saturated heterocycles. The van der Waals surface area contributed by atoms with Crippen molar-refractivity contribution in [2.45, 2.75) is 17.6 Å². The third kappa shape index (κ3) is 3.23. The molecule has 2 aromatic heterocycles. The molecule has 0 unspecified atom stereocenters. The molecule has 2 aromatic rings. The van der Waals surface area contributed by atoms with E-state index in [-0.39, 0.29) is 0 Å². The van der Waals surface area contributed by atoms with Gasteiger partial charge >= 0.3 is 0 Å². The molecule has 0 aliphatic rings. The summed E-state index contributed by atoms with van der Waals surface area (Å²) < 4.78 is 32.8.